The van der Waals surface area contributed by atoms with Gasteiger partial charge in [-0.25, -0.2) is 4.98 Å². The zero-order valence-corrected chi connectivity index (χ0v) is 9.49. The molecule has 2 unspecified atom stereocenters. The Hall–Kier alpha value is -1.23. The van der Waals surface area contributed by atoms with Gasteiger partial charge in [-0.05, 0) is 13.8 Å². The number of thioether (sulfide) groups is 1. The third kappa shape index (κ3) is 1.47. The van der Waals surface area contributed by atoms with Crippen LogP contribution in [0.2, 0.25) is 0 Å². The molecule has 0 bridgehead atoms. The van der Waals surface area contributed by atoms with Crippen molar-refractivity contribution < 1.29 is 4.79 Å². The van der Waals surface area contributed by atoms with Crippen LogP contribution in [0.4, 0.5) is 0 Å². The zero-order chi connectivity index (χ0) is 11.1. The monoisotopic (exact) mass is 223 g/mol. The van der Waals surface area contributed by atoms with Crippen LogP contribution in [0.3, 0.4) is 0 Å². The van der Waals surface area contributed by atoms with Gasteiger partial charge in [-0.1, -0.05) is 23.9 Å². The maximum absolute atomic E-state index is 11.5. The molecule has 1 aliphatic heterocycles. The minimum Gasteiger partial charge on any atom is -0.368 e. The standard InChI is InChI=1S/C10H13N3OS/c1-3-4-10(2)8(9(11)14)13-6-12-5-7(13)15-10/h3-6,8H,1-2H3,(H2,11,14)/b4-3-. The van der Waals surface area contributed by atoms with E-state index in [9.17, 15) is 4.79 Å². The first-order chi connectivity index (χ1) is 7.08. The molecule has 0 radical (unpaired) electrons. The Kier molecular flexibility index (Phi) is 2.34. The van der Waals surface area contributed by atoms with E-state index in [2.05, 4.69) is 4.98 Å². The Morgan fingerprint density at radius 2 is 2.53 bits per heavy atom. The van der Waals surface area contributed by atoms with Crippen LogP contribution < -0.4 is 5.73 Å². The highest BCUT2D eigenvalue weighted by Crippen LogP contribution is 2.49. The Bertz CT molecular complexity index is 426. The quantitative estimate of drug-likeness (QED) is 0.770. The predicted molar refractivity (Wildman–Crippen MR) is 59.5 cm³/mol. The van der Waals surface area contributed by atoms with Gasteiger partial charge in [-0.3, -0.25) is 4.79 Å². The van der Waals surface area contributed by atoms with Crippen molar-refractivity contribution in [1.29, 1.82) is 0 Å². The van der Waals surface area contributed by atoms with Crippen LogP contribution in [0.1, 0.15) is 19.9 Å². The first-order valence-electron chi connectivity index (χ1n) is 4.72. The second-order valence-corrected chi connectivity index (χ2v) is 5.23. The van der Waals surface area contributed by atoms with Gasteiger partial charge in [0, 0.05) is 0 Å². The van der Waals surface area contributed by atoms with Gasteiger partial charge in [0.2, 0.25) is 5.91 Å². The number of nitrogens with zero attached hydrogens (tertiary/aromatic N) is 2. The van der Waals surface area contributed by atoms with Crippen molar-refractivity contribution >= 4 is 17.7 Å². The van der Waals surface area contributed by atoms with E-state index in [1.54, 1.807) is 24.3 Å². The lowest BCUT2D eigenvalue weighted by molar-refractivity contribution is -0.121. The third-order valence-electron chi connectivity index (χ3n) is 2.54. The fourth-order valence-corrected chi connectivity index (χ4v) is 3.37. The van der Waals surface area contributed by atoms with Gasteiger partial charge in [0.15, 0.2) is 0 Å². The SMILES string of the molecule is C/C=C\C1(C)Sc2cncn2C1C(N)=O. The average molecular weight is 223 g/mol. The first kappa shape index (κ1) is 10.3. The van der Waals surface area contributed by atoms with Gasteiger partial charge in [-0.15, -0.1) is 0 Å². The number of aromatic nitrogens is 2. The minimum absolute atomic E-state index is 0.293. The maximum Gasteiger partial charge on any atom is 0.242 e. The third-order valence-corrected chi connectivity index (χ3v) is 3.87. The van der Waals surface area contributed by atoms with E-state index in [1.165, 1.54) is 0 Å². The van der Waals surface area contributed by atoms with Crippen LogP contribution in [0.5, 0.6) is 0 Å². The molecule has 15 heavy (non-hydrogen) atoms. The highest BCUT2D eigenvalue weighted by atomic mass is 32.2. The van der Waals surface area contributed by atoms with E-state index in [4.69, 9.17) is 5.73 Å². The van der Waals surface area contributed by atoms with Gasteiger partial charge in [-0.2, -0.15) is 0 Å². The molecule has 1 aromatic rings. The van der Waals surface area contributed by atoms with E-state index in [-0.39, 0.29) is 16.7 Å². The Morgan fingerprint density at radius 1 is 1.80 bits per heavy atom. The van der Waals surface area contributed by atoms with Crippen LogP contribution in [0, 0.1) is 0 Å². The summed E-state index contributed by atoms with van der Waals surface area (Å²) in [6.07, 6.45) is 7.38. The maximum atomic E-state index is 11.5. The summed E-state index contributed by atoms with van der Waals surface area (Å²) in [5.41, 5.74) is 5.44. The summed E-state index contributed by atoms with van der Waals surface area (Å²) in [4.78, 5) is 15.5. The number of carbonyl (C=O) groups excluding carboxylic acids is 1. The lowest BCUT2D eigenvalue weighted by atomic mass is 9.99. The van der Waals surface area contributed by atoms with Gasteiger partial charge in [0.05, 0.1) is 22.3 Å². The molecule has 2 N–H and O–H groups in total. The Morgan fingerprint density at radius 3 is 3.13 bits per heavy atom. The van der Waals surface area contributed by atoms with Crippen LogP contribution in [-0.2, 0) is 4.79 Å². The van der Waals surface area contributed by atoms with Crippen molar-refractivity contribution in [1.82, 2.24) is 9.55 Å². The number of hydrogen-bond acceptors (Lipinski definition) is 3. The number of carbonyl (C=O) groups is 1. The number of rotatable bonds is 2. The summed E-state index contributed by atoms with van der Waals surface area (Å²) >= 11 is 1.62. The van der Waals surface area contributed by atoms with Crippen LogP contribution in [-0.4, -0.2) is 20.2 Å². The fraction of sp³-hybridized carbons (Fsp3) is 0.400. The number of allylic oxidation sites excluding steroid dienone is 1. The number of hydrogen-bond donors (Lipinski definition) is 1. The van der Waals surface area contributed by atoms with Crippen molar-refractivity contribution in [2.75, 3.05) is 0 Å². The van der Waals surface area contributed by atoms with Crippen molar-refractivity contribution in [2.24, 2.45) is 5.73 Å². The van der Waals surface area contributed by atoms with Crippen LogP contribution >= 0.6 is 11.8 Å². The molecule has 2 atom stereocenters. The van der Waals surface area contributed by atoms with E-state index >= 15 is 0 Å². The molecule has 80 valence electrons. The molecule has 2 heterocycles. The number of amides is 1. The van der Waals surface area contributed by atoms with E-state index in [0.29, 0.717) is 0 Å². The largest absolute Gasteiger partial charge is 0.368 e. The number of primary amides is 1. The van der Waals surface area contributed by atoms with Crippen molar-refractivity contribution in [2.45, 2.75) is 29.7 Å². The molecule has 4 nitrogen and oxygen atoms in total. The van der Waals surface area contributed by atoms with Crippen molar-refractivity contribution in [3.63, 3.8) is 0 Å². The molecule has 0 fully saturated rings. The summed E-state index contributed by atoms with van der Waals surface area (Å²) in [6, 6.07) is -0.351. The summed E-state index contributed by atoms with van der Waals surface area (Å²) in [5, 5.41) is 0.986. The summed E-state index contributed by atoms with van der Waals surface area (Å²) in [7, 11) is 0. The fourth-order valence-electron chi connectivity index (χ4n) is 2.00. The molecule has 2 rings (SSSR count). The van der Waals surface area contributed by atoms with Gasteiger partial charge >= 0.3 is 0 Å². The molecular weight excluding hydrogens is 210 g/mol. The second-order valence-electron chi connectivity index (χ2n) is 3.73. The van der Waals surface area contributed by atoms with Crippen molar-refractivity contribution in [3.05, 3.63) is 24.7 Å². The molecule has 0 saturated carbocycles. The molecule has 1 aromatic heterocycles. The summed E-state index contributed by atoms with van der Waals surface area (Å²) in [5.74, 6) is -0.320. The smallest absolute Gasteiger partial charge is 0.242 e. The van der Waals surface area contributed by atoms with Gasteiger partial charge in [0.1, 0.15) is 6.04 Å². The molecule has 5 heteroatoms. The topological polar surface area (TPSA) is 60.9 Å². The lowest BCUT2D eigenvalue weighted by Gasteiger charge is -2.24. The summed E-state index contributed by atoms with van der Waals surface area (Å²) < 4.78 is 1.55. The normalized spacial score (nSPS) is 29.6. The molecule has 1 amide bonds. The van der Waals surface area contributed by atoms with Crippen LogP contribution in [0.15, 0.2) is 29.7 Å². The molecular formula is C10H13N3OS. The molecule has 0 aromatic carbocycles. The number of nitrogens with two attached hydrogens (primary N) is 1. The Balaban J connectivity index is 2.48. The van der Waals surface area contributed by atoms with E-state index < -0.39 is 0 Å². The lowest BCUT2D eigenvalue weighted by Crippen LogP contribution is -2.36. The second kappa shape index (κ2) is 3.41. The zero-order valence-electron chi connectivity index (χ0n) is 8.68. The van der Waals surface area contributed by atoms with Gasteiger partial charge < -0.3 is 10.3 Å². The number of fused-ring (bicyclic) bond motifs is 1. The Labute approximate surface area is 92.6 Å². The highest BCUT2D eigenvalue weighted by Gasteiger charge is 2.45. The van der Waals surface area contributed by atoms with E-state index in [0.717, 1.165) is 5.03 Å². The van der Waals surface area contributed by atoms with Gasteiger partial charge in [0.25, 0.3) is 0 Å². The average Bonchev–Trinajstić information content (AvgIpc) is 2.60. The number of imidazole rings is 1. The molecule has 0 saturated heterocycles. The molecule has 0 aliphatic carbocycles. The molecule has 0 spiro atoms. The van der Waals surface area contributed by atoms with E-state index in [1.807, 2.05) is 30.6 Å². The summed E-state index contributed by atoms with van der Waals surface area (Å²) in [6.45, 7) is 3.95. The molecule has 1 aliphatic rings. The first-order valence-corrected chi connectivity index (χ1v) is 5.54. The van der Waals surface area contributed by atoms with Crippen LogP contribution in [0.25, 0.3) is 0 Å². The minimum atomic E-state index is -0.351. The predicted octanol–water partition coefficient (Wildman–Crippen LogP) is 1.35. The van der Waals surface area contributed by atoms with Crippen molar-refractivity contribution in [3.8, 4) is 0 Å². The highest BCUT2D eigenvalue weighted by molar-refractivity contribution is 8.01.